The molecular weight excluding hydrogens is 452 g/mol. The van der Waals surface area contributed by atoms with E-state index in [-0.39, 0.29) is 10.8 Å². The largest absolute Gasteiger partial charge is 0.351 e. The lowest BCUT2D eigenvalue weighted by Gasteiger charge is -2.23. The standard InChI is InChI=1S/C26H26N2O3S2/c1-3-28(33(30,31)23-12-9-19(2)10-13-23)22-11-14-24-21(17-22)18-25(32-24)26(29)27-16-15-20-7-5-4-6-8-20/h4-14,17-18H,3,15-16H2,1-2H3,(H,27,29). The average molecular weight is 479 g/mol. The third-order valence-corrected chi connectivity index (χ3v) is 8.48. The molecule has 0 atom stereocenters. The minimum atomic E-state index is -3.68. The van der Waals surface area contributed by atoms with E-state index in [1.807, 2.05) is 62.4 Å². The van der Waals surface area contributed by atoms with Crippen molar-refractivity contribution in [2.75, 3.05) is 17.4 Å². The van der Waals surface area contributed by atoms with Crippen LogP contribution in [0.4, 0.5) is 5.69 Å². The summed E-state index contributed by atoms with van der Waals surface area (Å²) in [5.74, 6) is -0.117. The van der Waals surface area contributed by atoms with Gasteiger partial charge in [0.1, 0.15) is 0 Å². The second-order valence-corrected chi connectivity index (χ2v) is 10.8. The lowest BCUT2D eigenvalue weighted by atomic mass is 10.1. The molecule has 1 amide bonds. The molecule has 0 unspecified atom stereocenters. The average Bonchev–Trinajstić information content (AvgIpc) is 3.24. The van der Waals surface area contributed by atoms with E-state index in [0.29, 0.717) is 23.7 Å². The van der Waals surface area contributed by atoms with Crippen LogP contribution in [0.5, 0.6) is 0 Å². The summed E-state index contributed by atoms with van der Waals surface area (Å²) in [7, 11) is -3.68. The quantitative estimate of drug-likeness (QED) is 0.369. The Hall–Kier alpha value is -3.16. The van der Waals surface area contributed by atoms with Gasteiger partial charge < -0.3 is 5.32 Å². The van der Waals surface area contributed by atoms with E-state index in [9.17, 15) is 13.2 Å². The number of carbonyl (C=O) groups is 1. The summed E-state index contributed by atoms with van der Waals surface area (Å²) in [4.78, 5) is 13.5. The molecule has 1 heterocycles. The van der Waals surface area contributed by atoms with Crippen molar-refractivity contribution in [3.05, 3.63) is 94.9 Å². The maximum Gasteiger partial charge on any atom is 0.264 e. The topological polar surface area (TPSA) is 66.5 Å². The first-order valence-corrected chi connectivity index (χ1v) is 13.1. The summed E-state index contributed by atoms with van der Waals surface area (Å²) in [6.07, 6.45) is 0.768. The van der Waals surface area contributed by atoms with Gasteiger partial charge in [-0.3, -0.25) is 9.10 Å². The molecular formula is C26H26N2O3S2. The molecule has 1 aromatic heterocycles. The second-order valence-electron chi connectivity index (χ2n) is 7.81. The molecule has 0 radical (unpaired) electrons. The van der Waals surface area contributed by atoms with Gasteiger partial charge in [0.15, 0.2) is 0 Å². The second kappa shape index (κ2) is 9.77. The Bertz CT molecular complexity index is 1360. The SMILES string of the molecule is CCN(c1ccc2sc(C(=O)NCCc3ccccc3)cc2c1)S(=O)(=O)c1ccc(C)cc1. The van der Waals surface area contributed by atoms with Gasteiger partial charge in [0.2, 0.25) is 0 Å². The number of carbonyl (C=O) groups excluding carboxylic acids is 1. The van der Waals surface area contributed by atoms with Gasteiger partial charge in [0.05, 0.1) is 15.5 Å². The maximum absolute atomic E-state index is 13.2. The van der Waals surface area contributed by atoms with E-state index in [2.05, 4.69) is 5.32 Å². The van der Waals surface area contributed by atoms with Gasteiger partial charge in [-0.1, -0.05) is 48.0 Å². The van der Waals surface area contributed by atoms with Crippen molar-refractivity contribution < 1.29 is 13.2 Å². The van der Waals surface area contributed by atoms with Gasteiger partial charge in [0.25, 0.3) is 15.9 Å². The zero-order valence-electron chi connectivity index (χ0n) is 18.6. The molecule has 0 spiro atoms. The van der Waals surface area contributed by atoms with Crippen molar-refractivity contribution in [3.8, 4) is 0 Å². The predicted octanol–water partition coefficient (Wildman–Crippen LogP) is 5.40. The number of amides is 1. The molecule has 0 aliphatic heterocycles. The molecule has 7 heteroatoms. The van der Waals surface area contributed by atoms with Crippen LogP contribution in [0, 0.1) is 6.92 Å². The van der Waals surface area contributed by atoms with Gasteiger partial charge in [-0.2, -0.15) is 0 Å². The number of benzene rings is 3. The summed E-state index contributed by atoms with van der Waals surface area (Å²) in [5.41, 5.74) is 2.76. The first kappa shape index (κ1) is 23.0. The molecule has 5 nitrogen and oxygen atoms in total. The highest BCUT2D eigenvalue weighted by atomic mass is 32.2. The summed E-state index contributed by atoms with van der Waals surface area (Å²) >= 11 is 1.41. The lowest BCUT2D eigenvalue weighted by Crippen LogP contribution is -2.30. The molecule has 0 aliphatic rings. The minimum Gasteiger partial charge on any atom is -0.351 e. The Kier molecular flexibility index (Phi) is 6.81. The number of hydrogen-bond donors (Lipinski definition) is 1. The van der Waals surface area contributed by atoms with Crippen molar-refractivity contribution in [1.29, 1.82) is 0 Å². The van der Waals surface area contributed by atoms with Crippen molar-refractivity contribution in [2.45, 2.75) is 25.2 Å². The van der Waals surface area contributed by atoms with Crippen LogP contribution in [0.2, 0.25) is 0 Å². The molecule has 0 bridgehead atoms. The van der Waals surface area contributed by atoms with E-state index in [4.69, 9.17) is 0 Å². The number of fused-ring (bicyclic) bond motifs is 1. The molecule has 4 rings (SSSR count). The molecule has 1 N–H and O–H groups in total. The molecule has 0 saturated heterocycles. The maximum atomic E-state index is 13.2. The highest BCUT2D eigenvalue weighted by Gasteiger charge is 2.24. The summed E-state index contributed by atoms with van der Waals surface area (Å²) < 4.78 is 28.8. The van der Waals surface area contributed by atoms with Crippen LogP contribution < -0.4 is 9.62 Å². The number of hydrogen-bond acceptors (Lipinski definition) is 4. The molecule has 0 aliphatic carbocycles. The van der Waals surface area contributed by atoms with E-state index < -0.39 is 10.0 Å². The van der Waals surface area contributed by atoms with E-state index >= 15 is 0 Å². The minimum absolute atomic E-state index is 0.117. The predicted molar refractivity (Wildman–Crippen MR) is 136 cm³/mol. The third kappa shape index (κ3) is 5.10. The van der Waals surface area contributed by atoms with Crippen LogP contribution in [0.15, 0.2) is 83.8 Å². The number of rotatable bonds is 8. The number of aryl methyl sites for hydroxylation is 1. The van der Waals surface area contributed by atoms with Crippen LogP contribution in [-0.2, 0) is 16.4 Å². The van der Waals surface area contributed by atoms with E-state index in [1.54, 1.807) is 30.3 Å². The highest BCUT2D eigenvalue weighted by Crippen LogP contribution is 2.32. The van der Waals surface area contributed by atoms with E-state index in [0.717, 1.165) is 22.1 Å². The van der Waals surface area contributed by atoms with Crippen molar-refractivity contribution in [2.24, 2.45) is 0 Å². The van der Waals surface area contributed by atoms with Crippen LogP contribution in [0.3, 0.4) is 0 Å². The molecule has 170 valence electrons. The summed E-state index contributed by atoms with van der Waals surface area (Å²) in [6, 6.07) is 24.2. The Morgan fingerprint density at radius 2 is 1.70 bits per heavy atom. The number of sulfonamides is 1. The Morgan fingerprint density at radius 1 is 0.970 bits per heavy atom. The van der Waals surface area contributed by atoms with E-state index in [1.165, 1.54) is 21.2 Å². The number of nitrogens with zero attached hydrogens (tertiary/aromatic N) is 1. The fourth-order valence-corrected chi connectivity index (χ4v) is 6.10. The summed E-state index contributed by atoms with van der Waals surface area (Å²) in [6.45, 7) is 4.60. The van der Waals surface area contributed by atoms with Gasteiger partial charge in [-0.15, -0.1) is 11.3 Å². The zero-order chi connectivity index (χ0) is 23.4. The first-order chi connectivity index (χ1) is 15.9. The van der Waals surface area contributed by atoms with Crippen molar-refractivity contribution >= 4 is 43.0 Å². The Morgan fingerprint density at radius 3 is 2.39 bits per heavy atom. The van der Waals surface area contributed by atoms with Gasteiger partial charge in [-0.25, -0.2) is 8.42 Å². The van der Waals surface area contributed by atoms with Crippen molar-refractivity contribution in [3.63, 3.8) is 0 Å². The lowest BCUT2D eigenvalue weighted by molar-refractivity contribution is 0.0958. The zero-order valence-corrected chi connectivity index (χ0v) is 20.2. The van der Waals surface area contributed by atoms with Crippen LogP contribution in [0.1, 0.15) is 27.7 Å². The van der Waals surface area contributed by atoms with Gasteiger partial charge in [0, 0.05) is 17.8 Å². The van der Waals surface area contributed by atoms with Crippen molar-refractivity contribution in [1.82, 2.24) is 5.32 Å². The summed E-state index contributed by atoms with van der Waals surface area (Å²) in [5, 5.41) is 3.82. The molecule has 33 heavy (non-hydrogen) atoms. The smallest absolute Gasteiger partial charge is 0.264 e. The molecule has 3 aromatic carbocycles. The van der Waals surface area contributed by atoms with Crippen LogP contribution in [0.25, 0.3) is 10.1 Å². The fraction of sp³-hybridized carbons (Fsp3) is 0.192. The molecule has 0 saturated carbocycles. The van der Waals surface area contributed by atoms with Gasteiger partial charge in [-0.05, 0) is 67.6 Å². The normalized spacial score (nSPS) is 11.5. The fourth-order valence-electron chi connectivity index (χ4n) is 3.68. The van der Waals surface area contributed by atoms with Crippen LogP contribution in [-0.4, -0.2) is 27.4 Å². The monoisotopic (exact) mass is 478 g/mol. The molecule has 0 fully saturated rings. The highest BCUT2D eigenvalue weighted by molar-refractivity contribution is 7.92. The Balaban J connectivity index is 1.53. The number of anilines is 1. The van der Waals surface area contributed by atoms with Gasteiger partial charge >= 0.3 is 0 Å². The first-order valence-electron chi connectivity index (χ1n) is 10.8. The number of nitrogens with one attached hydrogen (secondary N) is 1. The number of thiophene rings is 1. The Labute approximate surface area is 198 Å². The van der Waals surface area contributed by atoms with Crippen LogP contribution >= 0.6 is 11.3 Å². The third-order valence-electron chi connectivity index (χ3n) is 5.45. The molecule has 4 aromatic rings.